The summed E-state index contributed by atoms with van der Waals surface area (Å²) in [5.41, 5.74) is 1.95. The zero-order valence-electron chi connectivity index (χ0n) is 16.9. The summed E-state index contributed by atoms with van der Waals surface area (Å²) in [5.74, 6) is -1.16. The summed E-state index contributed by atoms with van der Waals surface area (Å²) in [7, 11) is 0. The van der Waals surface area contributed by atoms with Gasteiger partial charge in [-0.1, -0.05) is 54.4 Å². The lowest BCUT2D eigenvalue weighted by atomic mass is 10.1. The van der Waals surface area contributed by atoms with E-state index in [1.807, 2.05) is 13.0 Å². The van der Waals surface area contributed by atoms with Gasteiger partial charge in [0.2, 0.25) is 12.0 Å². The van der Waals surface area contributed by atoms with Gasteiger partial charge in [-0.15, -0.1) is 0 Å². The van der Waals surface area contributed by atoms with Gasteiger partial charge in [0.05, 0.1) is 0 Å². The van der Waals surface area contributed by atoms with Crippen LogP contribution in [0, 0.1) is 6.92 Å². The number of nitrogens with zero attached hydrogens (tertiary/aromatic N) is 1. The highest BCUT2D eigenvalue weighted by atomic mass is 35.5. The van der Waals surface area contributed by atoms with Gasteiger partial charge in [0, 0.05) is 29.2 Å². The molecule has 0 spiro atoms. The first-order valence-corrected chi connectivity index (χ1v) is 10.4. The third-order valence-corrected chi connectivity index (χ3v) is 5.43. The Bertz CT molecular complexity index is 917. The number of esters is 1. The topological polar surface area (TPSA) is 75.7 Å². The molecule has 2 aromatic rings. The molecule has 1 fully saturated rings. The zero-order valence-corrected chi connectivity index (χ0v) is 17.7. The third-order valence-electron chi connectivity index (χ3n) is 5.02. The van der Waals surface area contributed by atoms with Crippen LogP contribution in [0.4, 0.5) is 5.69 Å². The van der Waals surface area contributed by atoms with Crippen LogP contribution in [0.15, 0.2) is 48.5 Å². The molecule has 7 heteroatoms. The Morgan fingerprint density at radius 2 is 1.90 bits per heavy atom. The number of benzene rings is 2. The van der Waals surface area contributed by atoms with Crippen LogP contribution in [0.25, 0.3) is 0 Å². The summed E-state index contributed by atoms with van der Waals surface area (Å²) in [6.45, 7) is 2.23. The number of ether oxygens (including phenoxy) is 1. The van der Waals surface area contributed by atoms with Crippen LogP contribution < -0.4 is 5.32 Å². The normalized spacial score (nSPS) is 15.3. The van der Waals surface area contributed by atoms with E-state index in [1.165, 1.54) is 4.90 Å². The van der Waals surface area contributed by atoms with Crippen LogP contribution in [-0.2, 0) is 19.1 Å². The molecule has 2 aromatic carbocycles. The van der Waals surface area contributed by atoms with Gasteiger partial charge in [-0.3, -0.25) is 14.4 Å². The lowest BCUT2D eigenvalue weighted by Gasteiger charge is -2.22. The molecule has 0 saturated carbocycles. The Morgan fingerprint density at radius 3 is 2.63 bits per heavy atom. The number of rotatable bonds is 6. The number of hydrogen-bond acceptors (Lipinski definition) is 4. The summed E-state index contributed by atoms with van der Waals surface area (Å²) in [4.78, 5) is 39.2. The van der Waals surface area contributed by atoms with E-state index in [0.717, 1.165) is 24.8 Å². The Kier molecular flexibility index (Phi) is 7.46. The van der Waals surface area contributed by atoms with Gasteiger partial charge in [-0.25, -0.2) is 0 Å². The van der Waals surface area contributed by atoms with E-state index in [1.54, 1.807) is 42.5 Å². The van der Waals surface area contributed by atoms with Crippen molar-refractivity contribution in [2.45, 2.75) is 38.7 Å². The van der Waals surface area contributed by atoms with E-state index in [4.69, 9.17) is 16.3 Å². The van der Waals surface area contributed by atoms with E-state index in [9.17, 15) is 14.4 Å². The van der Waals surface area contributed by atoms with Crippen LogP contribution in [0.2, 0.25) is 5.02 Å². The molecule has 6 nitrogen and oxygen atoms in total. The molecular weight excluding hydrogens is 404 g/mol. The minimum absolute atomic E-state index is 0.0561. The molecule has 1 aliphatic heterocycles. The molecule has 158 valence electrons. The third kappa shape index (κ3) is 5.83. The average molecular weight is 429 g/mol. The first kappa shape index (κ1) is 21.8. The summed E-state index contributed by atoms with van der Waals surface area (Å²) < 4.78 is 5.54. The second-order valence-corrected chi connectivity index (χ2v) is 7.77. The molecule has 3 rings (SSSR count). The molecule has 1 atom stereocenters. The van der Waals surface area contributed by atoms with E-state index < -0.39 is 18.0 Å². The van der Waals surface area contributed by atoms with Crippen LogP contribution in [0.5, 0.6) is 0 Å². The zero-order chi connectivity index (χ0) is 21.5. The maximum atomic E-state index is 12.9. The number of amides is 2. The van der Waals surface area contributed by atoms with Crippen molar-refractivity contribution >= 4 is 35.1 Å². The number of aryl methyl sites for hydroxylation is 1. The smallest absolute Gasteiger partial charge is 0.326 e. The van der Waals surface area contributed by atoms with Crippen molar-refractivity contribution in [3.63, 3.8) is 0 Å². The van der Waals surface area contributed by atoms with Crippen LogP contribution in [0.3, 0.4) is 0 Å². The van der Waals surface area contributed by atoms with E-state index in [-0.39, 0.29) is 12.5 Å². The molecule has 1 heterocycles. The van der Waals surface area contributed by atoms with Crippen molar-refractivity contribution in [1.29, 1.82) is 0 Å². The van der Waals surface area contributed by atoms with E-state index in [2.05, 4.69) is 5.32 Å². The highest BCUT2D eigenvalue weighted by Gasteiger charge is 2.27. The Balaban J connectivity index is 1.73. The molecule has 2 amide bonds. The summed E-state index contributed by atoms with van der Waals surface area (Å²) >= 11 is 6.14. The van der Waals surface area contributed by atoms with Crippen molar-refractivity contribution in [1.82, 2.24) is 4.90 Å². The quantitative estimate of drug-likeness (QED) is 0.697. The largest absolute Gasteiger partial charge is 0.446 e. The van der Waals surface area contributed by atoms with Crippen molar-refractivity contribution < 1.29 is 19.1 Å². The van der Waals surface area contributed by atoms with Crippen LogP contribution in [-0.4, -0.2) is 35.8 Å². The Hall–Kier alpha value is -2.86. The molecular formula is C23H25ClN2O4. The number of nitrogens with one attached hydrogen (secondary N) is 1. The average Bonchev–Trinajstić information content (AvgIpc) is 2.93. The molecule has 1 unspecified atom stereocenters. The van der Waals surface area contributed by atoms with Gasteiger partial charge in [0.1, 0.15) is 6.54 Å². The molecule has 0 radical (unpaired) electrons. The molecule has 1 N–H and O–H groups in total. The molecule has 1 saturated heterocycles. The molecule has 0 aromatic heterocycles. The van der Waals surface area contributed by atoms with Crippen LogP contribution in [0.1, 0.15) is 42.9 Å². The van der Waals surface area contributed by atoms with Gasteiger partial charge in [-0.2, -0.15) is 0 Å². The maximum Gasteiger partial charge on any atom is 0.326 e. The fourth-order valence-electron chi connectivity index (χ4n) is 3.31. The number of carbonyl (C=O) groups is 3. The standard InChI is InChI=1S/C23H25ClN2O4/c1-16-11-12-18(14-19(16)24)25-23(29)22(17-8-4-2-5-9-17)30-21(28)15-26-13-7-3-6-10-20(26)27/h2,4-5,8-9,11-12,14,22H,3,6-7,10,13,15H2,1H3,(H,25,29). The lowest BCUT2D eigenvalue weighted by molar-refractivity contribution is -0.157. The second kappa shape index (κ2) is 10.3. The van der Waals surface area contributed by atoms with Crippen molar-refractivity contribution in [3.8, 4) is 0 Å². The SMILES string of the molecule is Cc1ccc(NC(=O)C(OC(=O)CN2CCCCCC2=O)c2ccccc2)cc1Cl. The van der Waals surface area contributed by atoms with Crippen molar-refractivity contribution in [2.24, 2.45) is 0 Å². The van der Waals surface area contributed by atoms with Crippen molar-refractivity contribution in [3.05, 3.63) is 64.7 Å². The first-order valence-electron chi connectivity index (χ1n) is 10.0. The summed E-state index contributed by atoms with van der Waals surface area (Å²) in [6, 6.07) is 14.0. The van der Waals surface area contributed by atoms with Gasteiger partial charge in [0.15, 0.2) is 0 Å². The number of hydrogen-bond donors (Lipinski definition) is 1. The number of likely N-dealkylation sites (tertiary alicyclic amines) is 1. The van der Waals surface area contributed by atoms with E-state index in [0.29, 0.717) is 29.2 Å². The summed E-state index contributed by atoms with van der Waals surface area (Å²) in [5, 5.41) is 3.28. The second-order valence-electron chi connectivity index (χ2n) is 7.36. The molecule has 0 bridgehead atoms. The lowest BCUT2D eigenvalue weighted by Crippen LogP contribution is -2.37. The summed E-state index contributed by atoms with van der Waals surface area (Å²) in [6.07, 6.45) is 1.95. The van der Waals surface area contributed by atoms with Gasteiger partial charge < -0.3 is 15.0 Å². The fourth-order valence-corrected chi connectivity index (χ4v) is 3.49. The van der Waals surface area contributed by atoms with Crippen molar-refractivity contribution in [2.75, 3.05) is 18.4 Å². The Morgan fingerprint density at radius 1 is 1.13 bits per heavy atom. The fraction of sp³-hybridized carbons (Fsp3) is 0.348. The predicted molar refractivity (Wildman–Crippen MR) is 115 cm³/mol. The van der Waals surface area contributed by atoms with Gasteiger partial charge in [-0.05, 0) is 37.5 Å². The predicted octanol–water partition coefficient (Wildman–Crippen LogP) is 4.27. The number of halogens is 1. The monoisotopic (exact) mass is 428 g/mol. The van der Waals surface area contributed by atoms with E-state index >= 15 is 0 Å². The highest BCUT2D eigenvalue weighted by molar-refractivity contribution is 6.31. The van der Waals surface area contributed by atoms with Gasteiger partial charge >= 0.3 is 5.97 Å². The number of carbonyl (C=O) groups excluding carboxylic acids is 3. The van der Waals surface area contributed by atoms with Gasteiger partial charge in [0.25, 0.3) is 5.91 Å². The molecule has 1 aliphatic rings. The minimum Gasteiger partial charge on any atom is -0.446 e. The Labute approximate surface area is 181 Å². The first-order chi connectivity index (χ1) is 14.4. The van der Waals surface area contributed by atoms with Crippen LogP contribution >= 0.6 is 11.6 Å². The molecule has 30 heavy (non-hydrogen) atoms. The minimum atomic E-state index is -1.14. The highest BCUT2D eigenvalue weighted by Crippen LogP contribution is 2.24. The molecule has 0 aliphatic carbocycles. The maximum absolute atomic E-state index is 12.9. The number of anilines is 1.